The van der Waals surface area contributed by atoms with Crippen molar-refractivity contribution < 1.29 is 19.1 Å². The minimum atomic E-state index is -0.125. The van der Waals surface area contributed by atoms with Crippen LogP contribution >= 0.6 is 0 Å². The van der Waals surface area contributed by atoms with E-state index < -0.39 is 0 Å². The van der Waals surface area contributed by atoms with Crippen LogP contribution < -0.4 is 4.74 Å². The van der Waals surface area contributed by atoms with E-state index in [4.69, 9.17) is 9.47 Å². The van der Waals surface area contributed by atoms with E-state index in [0.29, 0.717) is 24.3 Å². The Labute approximate surface area is 154 Å². The number of rotatable bonds is 10. The van der Waals surface area contributed by atoms with Gasteiger partial charge >= 0.3 is 5.97 Å². The van der Waals surface area contributed by atoms with Crippen LogP contribution in [-0.2, 0) is 9.53 Å². The second kappa shape index (κ2) is 10.9. The highest BCUT2D eigenvalue weighted by molar-refractivity contribution is 5.75. The molecule has 0 heterocycles. The molecule has 0 aromatic heterocycles. The number of carbonyl (C=O) groups is 2. The molecule has 2 aromatic carbocycles. The number of ether oxygens (including phenoxy) is 2. The molecule has 4 heteroatoms. The van der Waals surface area contributed by atoms with Crippen LogP contribution in [0.1, 0.15) is 48.5 Å². The Morgan fingerprint density at radius 3 is 2.38 bits per heavy atom. The number of hydrogen-bond donors (Lipinski definition) is 0. The van der Waals surface area contributed by atoms with E-state index in [2.05, 4.69) is 6.08 Å². The van der Waals surface area contributed by atoms with Gasteiger partial charge in [-0.2, -0.15) is 0 Å². The SMILES string of the molecule is CCOC(=O)CCCC/C=C/c1cccc(Oc2cccc(C=O)c2)c1. The highest BCUT2D eigenvalue weighted by Gasteiger charge is 2.01. The molecule has 0 fully saturated rings. The third-order valence-electron chi connectivity index (χ3n) is 3.71. The molecule has 0 N–H and O–H groups in total. The zero-order valence-corrected chi connectivity index (χ0v) is 15.0. The van der Waals surface area contributed by atoms with Crippen molar-refractivity contribution in [2.75, 3.05) is 6.61 Å². The zero-order chi connectivity index (χ0) is 18.6. The summed E-state index contributed by atoms with van der Waals surface area (Å²) in [6, 6.07) is 14.8. The van der Waals surface area contributed by atoms with Gasteiger partial charge < -0.3 is 9.47 Å². The second-order valence-electron chi connectivity index (χ2n) is 5.82. The van der Waals surface area contributed by atoms with Crippen LogP contribution in [0.4, 0.5) is 0 Å². The monoisotopic (exact) mass is 352 g/mol. The van der Waals surface area contributed by atoms with Gasteiger partial charge in [-0.25, -0.2) is 0 Å². The lowest BCUT2D eigenvalue weighted by Crippen LogP contribution is -2.02. The minimum Gasteiger partial charge on any atom is -0.466 e. The Morgan fingerprint density at radius 1 is 1.00 bits per heavy atom. The number of esters is 1. The van der Waals surface area contributed by atoms with Gasteiger partial charge in [0, 0.05) is 12.0 Å². The summed E-state index contributed by atoms with van der Waals surface area (Å²) in [4.78, 5) is 22.1. The Kier molecular flexibility index (Phi) is 8.13. The molecular formula is C22H24O4. The number of allylic oxidation sites excluding steroid dienone is 1. The number of carbonyl (C=O) groups excluding carboxylic acids is 2. The predicted molar refractivity (Wildman–Crippen MR) is 102 cm³/mol. The van der Waals surface area contributed by atoms with Gasteiger partial charge in [0.05, 0.1) is 6.61 Å². The summed E-state index contributed by atoms with van der Waals surface area (Å²) < 4.78 is 10.7. The average molecular weight is 352 g/mol. The van der Waals surface area contributed by atoms with Crippen molar-refractivity contribution in [3.63, 3.8) is 0 Å². The first-order chi connectivity index (χ1) is 12.7. The van der Waals surface area contributed by atoms with Gasteiger partial charge in [-0.1, -0.05) is 36.4 Å². The van der Waals surface area contributed by atoms with Crippen LogP contribution in [0.25, 0.3) is 6.08 Å². The Bertz CT molecular complexity index is 749. The van der Waals surface area contributed by atoms with Crippen LogP contribution in [0.3, 0.4) is 0 Å². The van der Waals surface area contributed by atoms with Gasteiger partial charge in [0.1, 0.15) is 17.8 Å². The molecule has 0 unspecified atom stereocenters. The fraction of sp³-hybridized carbons (Fsp3) is 0.273. The molecule has 0 aliphatic carbocycles. The summed E-state index contributed by atoms with van der Waals surface area (Å²) in [5.74, 6) is 1.23. The van der Waals surface area contributed by atoms with Crippen LogP contribution in [0.2, 0.25) is 0 Å². The molecule has 0 aliphatic rings. The molecule has 4 nitrogen and oxygen atoms in total. The van der Waals surface area contributed by atoms with Gasteiger partial charge in [0.2, 0.25) is 0 Å². The van der Waals surface area contributed by atoms with E-state index in [0.717, 1.165) is 36.9 Å². The van der Waals surface area contributed by atoms with Crippen LogP contribution in [-0.4, -0.2) is 18.9 Å². The van der Waals surface area contributed by atoms with Crippen molar-refractivity contribution in [1.29, 1.82) is 0 Å². The molecular weight excluding hydrogens is 328 g/mol. The lowest BCUT2D eigenvalue weighted by atomic mass is 10.1. The third kappa shape index (κ3) is 6.93. The smallest absolute Gasteiger partial charge is 0.305 e. The Hall–Kier alpha value is -2.88. The fourth-order valence-corrected chi connectivity index (χ4v) is 2.45. The average Bonchev–Trinajstić information content (AvgIpc) is 2.65. The maximum absolute atomic E-state index is 11.3. The molecule has 2 aromatic rings. The van der Waals surface area contributed by atoms with E-state index in [9.17, 15) is 9.59 Å². The summed E-state index contributed by atoms with van der Waals surface area (Å²) in [5, 5.41) is 0. The highest BCUT2D eigenvalue weighted by atomic mass is 16.5. The second-order valence-corrected chi connectivity index (χ2v) is 5.82. The molecule has 0 bridgehead atoms. The van der Waals surface area contributed by atoms with Crippen molar-refractivity contribution in [3.05, 3.63) is 65.7 Å². The fourth-order valence-electron chi connectivity index (χ4n) is 2.45. The van der Waals surface area contributed by atoms with Crippen LogP contribution in [0.5, 0.6) is 11.5 Å². The minimum absolute atomic E-state index is 0.125. The van der Waals surface area contributed by atoms with E-state index >= 15 is 0 Å². The zero-order valence-electron chi connectivity index (χ0n) is 15.0. The first-order valence-electron chi connectivity index (χ1n) is 8.86. The van der Waals surface area contributed by atoms with E-state index in [1.54, 1.807) is 18.2 Å². The Morgan fingerprint density at radius 2 is 1.69 bits per heavy atom. The van der Waals surface area contributed by atoms with Gasteiger partial charge in [-0.3, -0.25) is 9.59 Å². The predicted octanol–water partition coefficient (Wildman–Crippen LogP) is 5.43. The first kappa shape index (κ1) is 19.4. The molecule has 0 spiro atoms. The van der Waals surface area contributed by atoms with Crippen molar-refractivity contribution in [2.45, 2.75) is 32.6 Å². The summed E-state index contributed by atoms with van der Waals surface area (Å²) >= 11 is 0. The topological polar surface area (TPSA) is 52.6 Å². The van der Waals surface area contributed by atoms with Crippen LogP contribution in [0.15, 0.2) is 54.6 Å². The molecule has 0 amide bonds. The normalized spacial score (nSPS) is 10.7. The summed E-state index contributed by atoms with van der Waals surface area (Å²) in [7, 11) is 0. The lowest BCUT2D eigenvalue weighted by Gasteiger charge is -2.06. The summed E-state index contributed by atoms with van der Waals surface area (Å²) in [6.07, 6.45) is 8.10. The molecule has 136 valence electrons. The molecule has 0 atom stereocenters. The quantitative estimate of drug-likeness (QED) is 0.325. The molecule has 0 radical (unpaired) electrons. The first-order valence-corrected chi connectivity index (χ1v) is 8.86. The third-order valence-corrected chi connectivity index (χ3v) is 3.71. The van der Waals surface area contributed by atoms with E-state index in [-0.39, 0.29) is 5.97 Å². The number of aldehydes is 1. The van der Waals surface area contributed by atoms with Crippen molar-refractivity contribution >= 4 is 18.3 Å². The molecule has 0 saturated heterocycles. The molecule has 0 aliphatic heterocycles. The van der Waals surface area contributed by atoms with Crippen molar-refractivity contribution in [3.8, 4) is 11.5 Å². The standard InChI is InChI=1S/C22H24O4/c1-2-25-22(24)14-6-4-3-5-9-18-10-7-12-20(15-18)26-21-13-8-11-19(16-21)17-23/h5,7-13,15-17H,2-4,6,14H2,1H3/b9-5+. The number of benzene rings is 2. The van der Waals surface area contributed by atoms with Crippen LogP contribution in [0, 0.1) is 0 Å². The number of unbranched alkanes of at least 4 members (excludes halogenated alkanes) is 2. The summed E-state index contributed by atoms with van der Waals surface area (Å²) in [6.45, 7) is 2.26. The highest BCUT2D eigenvalue weighted by Crippen LogP contribution is 2.23. The molecule has 26 heavy (non-hydrogen) atoms. The van der Waals surface area contributed by atoms with E-state index in [1.165, 1.54) is 0 Å². The summed E-state index contributed by atoms with van der Waals surface area (Å²) in [5.41, 5.74) is 1.63. The van der Waals surface area contributed by atoms with Gasteiger partial charge in [0.15, 0.2) is 0 Å². The van der Waals surface area contributed by atoms with Crippen molar-refractivity contribution in [2.24, 2.45) is 0 Å². The maximum Gasteiger partial charge on any atom is 0.305 e. The van der Waals surface area contributed by atoms with E-state index in [1.807, 2.05) is 43.3 Å². The maximum atomic E-state index is 11.3. The number of hydrogen-bond acceptors (Lipinski definition) is 4. The van der Waals surface area contributed by atoms with Gasteiger partial charge in [0.25, 0.3) is 0 Å². The van der Waals surface area contributed by atoms with Gasteiger partial charge in [-0.05, 0) is 56.0 Å². The lowest BCUT2D eigenvalue weighted by molar-refractivity contribution is -0.143. The largest absolute Gasteiger partial charge is 0.466 e. The van der Waals surface area contributed by atoms with Crippen molar-refractivity contribution in [1.82, 2.24) is 0 Å². The Balaban J connectivity index is 1.82. The molecule has 2 rings (SSSR count). The molecule has 0 saturated carbocycles. The van der Waals surface area contributed by atoms with Gasteiger partial charge in [-0.15, -0.1) is 0 Å².